The molecule has 4 nitrogen and oxygen atoms in total. The Hall–Kier alpha value is -1.26. The van der Waals surface area contributed by atoms with Crippen molar-refractivity contribution in [2.24, 2.45) is 0 Å². The Labute approximate surface area is 151 Å². The highest BCUT2D eigenvalue weighted by Crippen LogP contribution is 2.50. The van der Waals surface area contributed by atoms with Gasteiger partial charge < -0.3 is 14.6 Å². The molecule has 25 heavy (non-hydrogen) atoms. The van der Waals surface area contributed by atoms with Gasteiger partial charge in [0.15, 0.2) is 0 Å². The molecule has 1 aliphatic carbocycles. The number of hydrogen-bond acceptors (Lipinski definition) is 4. The fourth-order valence-corrected chi connectivity index (χ4v) is 4.60. The van der Waals surface area contributed by atoms with Gasteiger partial charge in [0.25, 0.3) is 0 Å². The van der Waals surface area contributed by atoms with Crippen molar-refractivity contribution in [3.8, 4) is 11.5 Å². The first-order chi connectivity index (χ1) is 11.9. The smallest absolute Gasteiger partial charge is 0.128 e. The average Bonchev–Trinajstić information content (AvgIpc) is 2.53. The first-order valence-corrected chi connectivity index (χ1v) is 9.75. The Morgan fingerprint density at radius 2 is 1.88 bits per heavy atom. The second-order valence-corrected chi connectivity index (χ2v) is 9.01. The molecular formula is C21H31NO3. The molecule has 0 aromatic heterocycles. The summed E-state index contributed by atoms with van der Waals surface area (Å²) in [6.07, 6.45) is 5.73. The molecule has 0 atom stereocenters. The molecule has 3 aliphatic rings. The molecule has 1 N–H and O–H groups in total. The topological polar surface area (TPSA) is 41.9 Å². The largest absolute Gasteiger partial charge is 0.508 e. The molecule has 0 bridgehead atoms. The van der Waals surface area contributed by atoms with E-state index in [1.165, 1.54) is 30.4 Å². The van der Waals surface area contributed by atoms with Crippen LogP contribution in [0.25, 0.3) is 0 Å². The number of hydrogen-bond donors (Lipinski definition) is 1. The van der Waals surface area contributed by atoms with Gasteiger partial charge in [-0.1, -0.05) is 20.8 Å². The number of phenolic OH excluding ortho intramolecular Hbond substituents is 1. The number of aromatic hydroxyl groups is 1. The predicted octanol–water partition coefficient (Wildman–Crippen LogP) is 3.77. The van der Waals surface area contributed by atoms with Crippen LogP contribution in [-0.2, 0) is 23.1 Å². The third-order valence-electron chi connectivity index (χ3n) is 6.10. The van der Waals surface area contributed by atoms with Crippen LogP contribution in [0.15, 0.2) is 6.07 Å². The van der Waals surface area contributed by atoms with E-state index in [2.05, 4.69) is 25.7 Å². The Morgan fingerprint density at radius 3 is 2.48 bits per heavy atom. The second kappa shape index (κ2) is 6.17. The van der Waals surface area contributed by atoms with Crippen molar-refractivity contribution in [3.63, 3.8) is 0 Å². The van der Waals surface area contributed by atoms with E-state index in [4.69, 9.17) is 9.47 Å². The van der Waals surface area contributed by atoms with Crippen molar-refractivity contribution in [3.05, 3.63) is 22.8 Å². The Kier molecular flexibility index (Phi) is 4.24. The SMILES string of the molecule is CC(C)(C)c1c(O)cc2c(c1CN1CCOCC1)OC1(CCC1)CC2. The van der Waals surface area contributed by atoms with Crippen LogP contribution in [0.4, 0.5) is 0 Å². The molecule has 1 aromatic rings. The molecule has 1 saturated heterocycles. The van der Waals surface area contributed by atoms with Gasteiger partial charge >= 0.3 is 0 Å². The maximum Gasteiger partial charge on any atom is 0.128 e. The molecule has 2 fully saturated rings. The van der Waals surface area contributed by atoms with Crippen LogP contribution in [0.2, 0.25) is 0 Å². The van der Waals surface area contributed by atoms with Gasteiger partial charge in [-0.05, 0) is 49.1 Å². The first-order valence-electron chi connectivity index (χ1n) is 9.75. The molecule has 4 rings (SSSR count). The lowest BCUT2D eigenvalue weighted by Crippen LogP contribution is -2.46. The van der Waals surface area contributed by atoms with E-state index in [0.29, 0.717) is 5.75 Å². The fraction of sp³-hybridized carbons (Fsp3) is 0.714. The summed E-state index contributed by atoms with van der Waals surface area (Å²) in [4.78, 5) is 2.43. The van der Waals surface area contributed by atoms with Gasteiger partial charge in [-0.2, -0.15) is 0 Å². The van der Waals surface area contributed by atoms with Crippen LogP contribution in [0.5, 0.6) is 11.5 Å². The minimum atomic E-state index is -0.117. The molecule has 4 heteroatoms. The fourth-order valence-electron chi connectivity index (χ4n) is 4.60. The van der Waals surface area contributed by atoms with Gasteiger partial charge in [0.05, 0.1) is 13.2 Å². The van der Waals surface area contributed by atoms with Crippen LogP contribution >= 0.6 is 0 Å². The van der Waals surface area contributed by atoms with E-state index in [1.54, 1.807) is 0 Å². The monoisotopic (exact) mass is 345 g/mol. The van der Waals surface area contributed by atoms with E-state index in [0.717, 1.165) is 57.0 Å². The van der Waals surface area contributed by atoms with Crippen LogP contribution < -0.4 is 4.74 Å². The normalized spacial score (nSPS) is 23.0. The molecule has 2 aliphatic heterocycles. The molecule has 0 radical (unpaired) electrons. The highest BCUT2D eigenvalue weighted by Gasteiger charge is 2.43. The number of ether oxygens (including phenoxy) is 2. The van der Waals surface area contributed by atoms with Crippen molar-refractivity contribution < 1.29 is 14.6 Å². The summed E-state index contributed by atoms with van der Waals surface area (Å²) in [5, 5.41) is 10.8. The minimum Gasteiger partial charge on any atom is -0.508 e. The third kappa shape index (κ3) is 3.15. The van der Waals surface area contributed by atoms with Crippen molar-refractivity contribution in [2.75, 3.05) is 26.3 Å². The number of benzene rings is 1. The molecule has 2 heterocycles. The molecular weight excluding hydrogens is 314 g/mol. The third-order valence-corrected chi connectivity index (χ3v) is 6.10. The highest BCUT2D eigenvalue weighted by molar-refractivity contribution is 5.57. The summed E-state index contributed by atoms with van der Waals surface area (Å²) >= 11 is 0. The molecule has 138 valence electrons. The number of aryl methyl sites for hydroxylation is 1. The molecule has 0 amide bonds. The quantitative estimate of drug-likeness (QED) is 0.886. The maximum atomic E-state index is 10.8. The summed E-state index contributed by atoms with van der Waals surface area (Å²) in [6.45, 7) is 10.8. The van der Waals surface area contributed by atoms with Crippen LogP contribution in [0.1, 0.15) is 63.1 Å². The van der Waals surface area contributed by atoms with Crippen LogP contribution in [0.3, 0.4) is 0 Å². The highest BCUT2D eigenvalue weighted by atomic mass is 16.5. The minimum absolute atomic E-state index is 0.0683. The van der Waals surface area contributed by atoms with Gasteiger partial charge in [0.1, 0.15) is 17.1 Å². The van der Waals surface area contributed by atoms with Gasteiger partial charge in [0.2, 0.25) is 0 Å². The number of nitrogens with zero attached hydrogens (tertiary/aromatic N) is 1. The molecule has 1 spiro atoms. The lowest BCUT2D eigenvalue weighted by molar-refractivity contribution is -0.0272. The molecule has 0 unspecified atom stereocenters. The summed E-state index contributed by atoms with van der Waals surface area (Å²) < 4.78 is 12.2. The Bertz CT molecular complexity index is 652. The summed E-state index contributed by atoms with van der Waals surface area (Å²) in [7, 11) is 0. The lowest BCUT2D eigenvalue weighted by Gasteiger charge is -2.46. The zero-order valence-electron chi connectivity index (χ0n) is 15.9. The number of morpholine rings is 1. The van der Waals surface area contributed by atoms with Gasteiger partial charge in [-0.25, -0.2) is 0 Å². The molecule has 1 aromatic carbocycles. The first kappa shape index (κ1) is 17.2. The predicted molar refractivity (Wildman–Crippen MR) is 98.4 cm³/mol. The van der Waals surface area contributed by atoms with Gasteiger partial charge in [-0.3, -0.25) is 4.90 Å². The second-order valence-electron chi connectivity index (χ2n) is 9.01. The average molecular weight is 345 g/mol. The van der Waals surface area contributed by atoms with E-state index in [1.807, 2.05) is 6.07 Å². The summed E-state index contributed by atoms with van der Waals surface area (Å²) in [6, 6.07) is 1.96. The Morgan fingerprint density at radius 1 is 1.16 bits per heavy atom. The van der Waals surface area contributed by atoms with Crippen LogP contribution in [-0.4, -0.2) is 41.9 Å². The number of fused-ring (bicyclic) bond motifs is 1. The van der Waals surface area contributed by atoms with Crippen LogP contribution in [0, 0.1) is 0 Å². The van der Waals surface area contributed by atoms with Crippen molar-refractivity contribution in [1.82, 2.24) is 4.90 Å². The van der Waals surface area contributed by atoms with E-state index < -0.39 is 0 Å². The van der Waals surface area contributed by atoms with Crippen molar-refractivity contribution in [1.29, 1.82) is 0 Å². The summed E-state index contributed by atoms with van der Waals surface area (Å²) in [5.41, 5.74) is 3.39. The van der Waals surface area contributed by atoms with E-state index >= 15 is 0 Å². The summed E-state index contributed by atoms with van der Waals surface area (Å²) in [5.74, 6) is 1.50. The van der Waals surface area contributed by atoms with E-state index in [9.17, 15) is 5.11 Å². The van der Waals surface area contributed by atoms with E-state index in [-0.39, 0.29) is 11.0 Å². The van der Waals surface area contributed by atoms with Crippen molar-refractivity contribution >= 4 is 0 Å². The maximum absolute atomic E-state index is 10.8. The number of phenols is 1. The zero-order chi connectivity index (χ0) is 17.7. The van der Waals surface area contributed by atoms with Gasteiger partial charge in [0, 0.05) is 30.8 Å². The molecule has 1 saturated carbocycles. The lowest BCUT2D eigenvalue weighted by atomic mass is 9.73. The zero-order valence-corrected chi connectivity index (χ0v) is 15.9. The van der Waals surface area contributed by atoms with Crippen molar-refractivity contribution in [2.45, 2.75) is 70.4 Å². The Balaban J connectivity index is 1.77. The van der Waals surface area contributed by atoms with Gasteiger partial charge in [-0.15, -0.1) is 0 Å². The number of rotatable bonds is 2. The standard InChI is InChI=1S/C21H31NO3/c1-20(2,3)18-16(14-22-9-11-24-12-10-22)19-15(13-17(18)23)5-8-21(25-19)6-4-7-21/h13,23H,4-12,14H2,1-3H3.